The molecule has 1 unspecified atom stereocenters. The van der Waals surface area contributed by atoms with Crippen LogP contribution in [0.15, 0.2) is 54.6 Å². The fraction of sp³-hybridized carbons (Fsp3) is 0.118. The topological polar surface area (TPSA) is 37.5 Å². The van der Waals surface area contributed by atoms with Gasteiger partial charge < -0.3 is 5.11 Å². The zero-order valence-corrected chi connectivity index (χ0v) is 12.7. The average Bonchev–Trinajstić information content (AvgIpc) is 2.88. The molecule has 0 amide bonds. The number of aromatic nitrogens is 2. The number of hydrogen-bond donors (Lipinski definition) is 1. The maximum absolute atomic E-state index is 13.1. The van der Waals surface area contributed by atoms with Gasteiger partial charge in [0, 0.05) is 11.1 Å². The second-order valence-corrected chi connectivity index (χ2v) is 5.55. The van der Waals surface area contributed by atoms with Gasteiger partial charge in [-0.25, -0.2) is 8.91 Å². The van der Waals surface area contributed by atoms with Gasteiger partial charge in [0.1, 0.15) is 17.1 Å². The molecule has 3 nitrogen and oxygen atoms in total. The Kier molecular flexibility index (Phi) is 3.72. The van der Waals surface area contributed by atoms with E-state index in [2.05, 4.69) is 11.7 Å². The Morgan fingerprint density at radius 1 is 1.27 bits per heavy atom. The third kappa shape index (κ3) is 2.40. The number of pyridine rings is 1. The number of hydrogen-bond acceptors (Lipinski definition) is 2. The molecule has 1 aromatic carbocycles. The molecule has 3 rings (SSSR count). The standard InChI is InChI=1S/C17H14ClFN2O/c1-10(2)17(22)15-13-4-3-5-14(18)21(13)20-16(15)11-6-8-12(19)9-7-11/h3-9,17,22H,1H2,2H3. The van der Waals surface area contributed by atoms with Gasteiger partial charge in [-0.3, -0.25) is 0 Å². The lowest BCUT2D eigenvalue weighted by Crippen LogP contribution is -1.99. The Balaban J connectivity index is 2.33. The minimum Gasteiger partial charge on any atom is -0.384 e. The number of aliphatic hydroxyl groups is 1. The first-order valence-corrected chi connectivity index (χ1v) is 7.13. The number of aliphatic hydroxyl groups excluding tert-OH is 1. The molecule has 1 N–H and O–H groups in total. The highest BCUT2D eigenvalue weighted by atomic mass is 35.5. The van der Waals surface area contributed by atoms with Crippen LogP contribution in [-0.4, -0.2) is 14.7 Å². The van der Waals surface area contributed by atoms with Crippen molar-refractivity contribution >= 4 is 17.1 Å². The van der Waals surface area contributed by atoms with E-state index in [0.717, 1.165) is 0 Å². The molecular formula is C17H14ClFN2O. The molecule has 2 aromatic heterocycles. The van der Waals surface area contributed by atoms with Crippen LogP contribution in [0.3, 0.4) is 0 Å². The maximum Gasteiger partial charge on any atom is 0.131 e. The first kappa shape index (κ1) is 14.8. The molecule has 0 fully saturated rings. The Morgan fingerprint density at radius 2 is 1.95 bits per heavy atom. The summed E-state index contributed by atoms with van der Waals surface area (Å²) in [5.74, 6) is -0.326. The lowest BCUT2D eigenvalue weighted by molar-refractivity contribution is 0.218. The number of halogens is 2. The number of benzene rings is 1. The fourth-order valence-electron chi connectivity index (χ4n) is 2.39. The van der Waals surface area contributed by atoms with Crippen molar-refractivity contribution in [3.63, 3.8) is 0 Å². The van der Waals surface area contributed by atoms with Crippen LogP contribution in [0.2, 0.25) is 5.15 Å². The molecule has 0 aliphatic heterocycles. The second kappa shape index (κ2) is 5.55. The van der Waals surface area contributed by atoms with Crippen LogP contribution in [0.4, 0.5) is 4.39 Å². The van der Waals surface area contributed by atoms with Crippen molar-refractivity contribution in [3.8, 4) is 11.3 Å². The molecule has 2 heterocycles. The molecule has 0 saturated carbocycles. The highest BCUT2D eigenvalue weighted by Gasteiger charge is 2.22. The highest BCUT2D eigenvalue weighted by molar-refractivity contribution is 6.29. The SMILES string of the molecule is C=C(C)C(O)c1c(-c2ccc(F)cc2)nn2c(Cl)cccc12. The summed E-state index contributed by atoms with van der Waals surface area (Å²) in [5, 5.41) is 15.4. The van der Waals surface area contributed by atoms with Crippen LogP contribution >= 0.6 is 11.6 Å². The first-order valence-electron chi connectivity index (χ1n) is 6.75. The van der Waals surface area contributed by atoms with Gasteiger partial charge in [0.15, 0.2) is 0 Å². The first-order chi connectivity index (χ1) is 10.5. The van der Waals surface area contributed by atoms with E-state index >= 15 is 0 Å². The van der Waals surface area contributed by atoms with Gasteiger partial charge in [0.05, 0.1) is 11.2 Å². The van der Waals surface area contributed by atoms with E-state index in [4.69, 9.17) is 11.6 Å². The minimum atomic E-state index is -0.879. The summed E-state index contributed by atoms with van der Waals surface area (Å²) in [6, 6.07) is 11.3. The molecule has 0 bridgehead atoms. The van der Waals surface area contributed by atoms with Gasteiger partial charge in [-0.15, -0.1) is 0 Å². The normalized spacial score (nSPS) is 12.5. The lowest BCUT2D eigenvalue weighted by atomic mass is 9.98. The molecule has 3 aromatic rings. The summed E-state index contributed by atoms with van der Waals surface area (Å²) in [7, 11) is 0. The lowest BCUT2D eigenvalue weighted by Gasteiger charge is -2.11. The Hall–Kier alpha value is -2.17. The molecule has 1 atom stereocenters. The van der Waals surface area contributed by atoms with Gasteiger partial charge in [0.25, 0.3) is 0 Å². The van der Waals surface area contributed by atoms with Gasteiger partial charge in [-0.1, -0.05) is 24.2 Å². The van der Waals surface area contributed by atoms with Crippen molar-refractivity contribution in [2.75, 3.05) is 0 Å². The molecule has 22 heavy (non-hydrogen) atoms. The quantitative estimate of drug-likeness (QED) is 0.574. The van der Waals surface area contributed by atoms with E-state index in [9.17, 15) is 9.50 Å². The summed E-state index contributed by atoms with van der Waals surface area (Å²) in [6.45, 7) is 5.55. The van der Waals surface area contributed by atoms with E-state index in [0.29, 0.717) is 33.1 Å². The van der Waals surface area contributed by atoms with Crippen LogP contribution in [0, 0.1) is 5.82 Å². The molecule has 0 saturated heterocycles. The van der Waals surface area contributed by atoms with E-state index in [-0.39, 0.29) is 5.82 Å². The zero-order chi connectivity index (χ0) is 15.9. The third-order valence-corrected chi connectivity index (χ3v) is 3.79. The number of fused-ring (bicyclic) bond motifs is 1. The fourth-order valence-corrected chi connectivity index (χ4v) is 2.59. The van der Waals surface area contributed by atoms with Gasteiger partial charge in [0.2, 0.25) is 0 Å². The van der Waals surface area contributed by atoms with E-state index in [1.165, 1.54) is 12.1 Å². The van der Waals surface area contributed by atoms with Crippen molar-refractivity contribution in [2.45, 2.75) is 13.0 Å². The highest BCUT2D eigenvalue weighted by Crippen LogP contribution is 2.35. The van der Waals surface area contributed by atoms with Gasteiger partial charge in [-0.05, 0) is 48.9 Å². The van der Waals surface area contributed by atoms with Crippen molar-refractivity contribution in [1.82, 2.24) is 9.61 Å². The van der Waals surface area contributed by atoms with Crippen molar-refractivity contribution in [2.24, 2.45) is 0 Å². The number of nitrogens with zero attached hydrogens (tertiary/aromatic N) is 2. The summed E-state index contributed by atoms with van der Waals surface area (Å²) in [4.78, 5) is 0. The largest absolute Gasteiger partial charge is 0.384 e. The Labute approximate surface area is 132 Å². The van der Waals surface area contributed by atoms with Gasteiger partial charge >= 0.3 is 0 Å². The molecule has 5 heteroatoms. The zero-order valence-electron chi connectivity index (χ0n) is 11.9. The van der Waals surface area contributed by atoms with Gasteiger partial charge in [-0.2, -0.15) is 5.10 Å². The Morgan fingerprint density at radius 3 is 2.59 bits per heavy atom. The maximum atomic E-state index is 13.1. The summed E-state index contributed by atoms with van der Waals surface area (Å²) in [5.41, 5.74) is 3.17. The molecule has 0 radical (unpaired) electrons. The van der Waals surface area contributed by atoms with Crippen molar-refractivity contribution in [1.29, 1.82) is 0 Å². The monoisotopic (exact) mass is 316 g/mol. The Bertz CT molecular complexity index is 855. The van der Waals surface area contributed by atoms with Crippen LogP contribution in [0.1, 0.15) is 18.6 Å². The third-order valence-electron chi connectivity index (χ3n) is 3.51. The summed E-state index contributed by atoms with van der Waals surface area (Å²) in [6.07, 6.45) is -0.879. The molecule has 112 valence electrons. The van der Waals surface area contributed by atoms with Crippen molar-refractivity contribution in [3.05, 3.63) is 71.2 Å². The molecule has 0 spiro atoms. The predicted octanol–water partition coefficient (Wildman–Crippen LogP) is 4.40. The van der Waals surface area contributed by atoms with Crippen molar-refractivity contribution < 1.29 is 9.50 Å². The van der Waals surface area contributed by atoms with E-state index < -0.39 is 6.10 Å². The van der Waals surface area contributed by atoms with E-state index in [1.54, 1.807) is 35.7 Å². The molecule has 0 aliphatic rings. The van der Waals surface area contributed by atoms with Crippen LogP contribution in [-0.2, 0) is 0 Å². The molecule has 0 aliphatic carbocycles. The summed E-state index contributed by atoms with van der Waals surface area (Å²) < 4.78 is 14.7. The molecular weight excluding hydrogens is 303 g/mol. The number of rotatable bonds is 3. The van der Waals surface area contributed by atoms with Crippen LogP contribution < -0.4 is 0 Å². The average molecular weight is 317 g/mol. The van der Waals surface area contributed by atoms with E-state index in [1.807, 2.05) is 6.07 Å². The predicted molar refractivity (Wildman–Crippen MR) is 85.4 cm³/mol. The van der Waals surface area contributed by atoms with Crippen LogP contribution in [0.25, 0.3) is 16.8 Å². The second-order valence-electron chi connectivity index (χ2n) is 5.16. The minimum absolute atomic E-state index is 0.326. The smallest absolute Gasteiger partial charge is 0.131 e. The summed E-state index contributed by atoms with van der Waals surface area (Å²) >= 11 is 6.18. The van der Waals surface area contributed by atoms with Crippen LogP contribution in [0.5, 0.6) is 0 Å².